The Morgan fingerprint density at radius 2 is 2.09 bits per heavy atom. The van der Waals surface area contributed by atoms with Gasteiger partial charge in [-0.2, -0.15) is 5.10 Å². The van der Waals surface area contributed by atoms with Gasteiger partial charge in [-0.1, -0.05) is 0 Å². The normalized spacial score (nSPS) is 18.5. The molecule has 3 rings (SSSR count). The van der Waals surface area contributed by atoms with Gasteiger partial charge in [0.1, 0.15) is 5.82 Å². The minimum Gasteiger partial charge on any atom is -0.337 e. The summed E-state index contributed by atoms with van der Waals surface area (Å²) in [6.07, 6.45) is 3.46. The average Bonchev–Trinajstić information content (AvgIpc) is 2.89. The lowest BCUT2D eigenvalue weighted by atomic mass is 10.1. The summed E-state index contributed by atoms with van der Waals surface area (Å²) in [4.78, 5) is 14.4. The lowest BCUT2D eigenvalue weighted by Crippen LogP contribution is -2.45. The molecule has 1 aliphatic rings. The van der Waals surface area contributed by atoms with Gasteiger partial charge < -0.3 is 10.6 Å². The molecule has 1 amide bonds. The van der Waals surface area contributed by atoms with E-state index in [1.165, 1.54) is 12.1 Å². The second-order valence-corrected chi connectivity index (χ2v) is 5.69. The minimum atomic E-state index is -0.299. The van der Waals surface area contributed by atoms with Gasteiger partial charge in [-0.15, -0.1) is 0 Å². The van der Waals surface area contributed by atoms with Gasteiger partial charge in [0.15, 0.2) is 0 Å². The van der Waals surface area contributed by atoms with Gasteiger partial charge in [-0.3, -0.25) is 4.79 Å². The van der Waals surface area contributed by atoms with Crippen molar-refractivity contribution >= 4 is 5.91 Å². The topological polar surface area (TPSA) is 64.2 Å². The summed E-state index contributed by atoms with van der Waals surface area (Å²) < 4.78 is 14.7. The molecule has 116 valence electrons. The van der Waals surface area contributed by atoms with E-state index < -0.39 is 0 Å². The van der Waals surface area contributed by atoms with E-state index in [1.54, 1.807) is 27.9 Å². The minimum absolute atomic E-state index is 0.0407. The van der Waals surface area contributed by atoms with E-state index in [1.807, 2.05) is 6.92 Å². The van der Waals surface area contributed by atoms with Crippen LogP contribution in [-0.2, 0) is 0 Å². The van der Waals surface area contributed by atoms with E-state index in [9.17, 15) is 9.18 Å². The van der Waals surface area contributed by atoms with Crippen LogP contribution in [0, 0.1) is 12.7 Å². The molecular formula is C16H19FN4O. The number of carbonyl (C=O) groups excluding carboxylic acids is 1. The van der Waals surface area contributed by atoms with Gasteiger partial charge in [0, 0.05) is 19.1 Å². The summed E-state index contributed by atoms with van der Waals surface area (Å²) >= 11 is 0. The fourth-order valence-electron chi connectivity index (χ4n) is 2.83. The van der Waals surface area contributed by atoms with Crippen LogP contribution in [0.2, 0.25) is 0 Å². The maximum Gasteiger partial charge on any atom is 0.257 e. The summed E-state index contributed by atoms with van der Waals surface area (Å²) in [6, 6.07) is 6.08. The third-order valence-electron chi connectivity index (χ3n) is 4.06. The van der Waals surface area contributed by atoms with Crippen molar-refractivity contribution in [3.8, 4) is 5.69 Å². The number of piperidine rings is 1. The van der Waals surface area contributed by atoms with Gasteiger partial charge in [-0.05, 0) is 44.0 Å². The number of nitrogens with zero attached hydrogens (tertiary/aromatic N) is 3. The van der Waals surface area contributed by atoms with Crippen molar-refractivity contribution < 1.29 is 9.18 Å². The standard InChI is InChI=1S/C16H19FN4O/c1-11-15(16(22)20-8-2-3-13(18)10-20)9-19-21(11)14-6-4-12(17)5-7-14/h4-7,9,13H,2-3,8,10,18H2,1H3/t13-/m1/s1. The smallest absolute Gasteiger partial charge is 0.257 e. The molecule has 6 heteroatoms. The zero-order valence-electron chi connectivity index (χ0n) is 12.5. The van der Waals surface area contributed by atoms with E-state index in [0.717, 1.165) is 30.8 Å². The second-order valence-electron chi connectivity index (χ2n) is 5.69. The second kappa shape index (κ2) is 5.88. The number of hydrogen-bond donors (Lipinski definition) is 1. The van der Waals surface area contributed by atoms with Crippen molar-refractivity contribution in [1.29, 1.82) is 0 Å². The molecule has 1 fully saturated rings. The first-order chi connectivity index (χ1) is 10.6. The number of carbonyl (C=O) groups is 1. The number of hydrogen-bond acceptors (Lipinski definition) is 3. The summed E-state index contributed by atoms with van der Waals surface area (Å²) in [5.74, 6) is -0.340. The van der Waals surface area contributed by atoms with Crippen LogP contribution in [0.5, 0.6) is 0 Å². The first-order valence-corrected chi connectivity index (χ1v) is 7.41. The fraction of sp³-hybridized carbons (Fsp3) is 0.375. The van der Waals surface area contributed by atoms with Gasteiger partial charge in [-0.25, -0.2) is 9.07 Å². The highest BCUT2D eigenvalue weighted by Gasteiger charge is 2.25. The predicted octanol–water partition coefficient (Wildman–Crippen LogP) is 1.88. The molecule has 0 bridgehead atoms. The number of halogens is 1. The number of benzene rings is 1. The molecule has 1 saturated heterocycles. The summed E-state index contributed by atoms with van der Waals surface area (Å²) in [7, 11) is 0. The Morgan fingerprint density at radius 3 is 2.77 bits per heavy atom. The molecule has 0 unspecified atom stereocenters. The van der Waals surface area contributed by atoms with Gasteiger partial charge in [0.05, 0.1) is 23.1 Å². The first kappa shape index (κ1) is 14.7. The summed E-state index contributed by atoms with van der Waals surface area (Å²) in [5.41, 5.74) is 7.98. The van der Waals surface area contributed by atoms with Crippen molar-refractivity contribution in [1.82, 2.24) is 14.7 Å². The molecule has 1 aromatic heterocycles. The van der Waals surface area contributed by atoms with E-state index in [2.05, 4.69) is 5.10 Å². The Bertz CT molecular complexity index is 680. The van der Waals surface area contributed by atoms with E-state index in [4.69, 9.17) is 5.73 Å². The third kappa shape index (κ3) is 2.74. The van der Waals surface area contributed by atoms with Gasteiger partial charge in [0.25, 0.3) is 5.91 Å². The highest BCUT2D eigenvalue weighted by atomic mass is 19.1. The van der Waals surface area contributed by atoms with Crippen LogP contribution >= 0.6 is 0 Å². The molecule has 0 spiro atoms. The van der Waals surface area contributed by atoms with Crippen molar-refractivity contribution in [2.45, 2.75) is 25.8 Å². The van der Waals surface area contributed by atoms with E-state index >= 15 is 0 Å². The van der Waals surface area contributed by atoms with Crippen molar-refractivity contribution in [2.24, 2.45) is 5.73 Å². The molecule has 2 aromatic rings. The maximum atomic E-state index is 13.0. The number of likely N-dealkylation sites (tertiary alicyclic amines) is 1. The molecule has 0 radical (unpaired) electrons. The molecular weight excluding hydrogens is 283 g/mol. The zero-order chi connectivity index (χ0) is 15.7. The molecule has 22 heavy (non-hydrogen) atoms. The van der Waals surface area contributed by atoms with Crippen LogP contribution in [0.4, 0.5) is 4.39 Å². The van der Waals surface area contributed by atoms with Crippen molar-refractivity contribution in [3.05, 3.63) is 47.5 Å². The van der Waals surface area contributed by atoms with Crippen molar-refractivity contribution in [3.63, 3.8) is 0 Å². The Morgan fingerprint density at radius 1 is 1.36 bits per heavy atom. The largest absolute Gasteiger partial charge is 0.337 e. The Balaban J connectivity index is 1.86. The van der Waals surface area contributed by atoms with E-state index in [0.29, 0.717) is 12.1 Å². The number of nitrogens with two attached hydrogens (primary N) is 1. The summed E-state index contributed by atoms with van der Waals surface area (Å²) in [6.45, 7) is 3.15. The van der Waals surface area contributed by atoms with Crippen LogP contribution in [-0.4, -0.2) is 39.7 Å². The Labute approximate surface area is 128 Å². The van der Waals surface area contributed by atoms with Gasteiger partial charge >= 0.3 is 0 Å². The lowest BCUT2D eigenvalue weighted by Gasteiger charge is -2.30. The maximum absolute atomic E-state index is 13.0. The highest BCUT2D eigenvalue weighted by Crippen LogP contribution is 2.18. The highest BCUT2D eigenvalue weighted by molar-refractivity contribution is 5.95. The number of amides is 1. The van der Waals surface area contributed by atoms with Crippen LogP contribution < -0.4 is 5.73 Å². The molecule has 0 saturated carbocycles. The zero-order valence-corrected chi connectivity index (χ0v) is 12.5. The molecule has 2 heterocycles. The number of aromatic nitrogens is 2. The fourth-order valence-corrected chi connectivity index (χ4v) is 2.83. The van der Waals surface area contributed by atoms with Gasteiger partial charge in [0.2, 0.25) is 0 Å². The molecule has 1 aliphatic heterocycles. The van der Waals surface area contributed by atoms with Crippen LogP contribution in [0.25, 0.3) is 5.69 Å². The van der Waals surface area contributed by atoms with Crippen LogP contribution in [0.1, 0.15) is 28.9 Å². The van der Waals surface area contributed by atoms with E-state index in [-0.39, 0.29) is 17.8 Å². The average molecular weight is 302 g/mol. The molecule has 2 N–H and O–H groups in total. The Kier molecular flexibility index (Phi) is 3.94. The SMILES string of the molecule is Cc1c(C(=O)N2CCC[C@@H](N)C2)cnn1-c1ccc(F)cc1. The predicted molar refractivity (Wildman–Crippen MR) is 81.4 cm³/mol. The molecule has 1 atom stereocenters. The van der Waals surface area contributed by atoms with Crippen molar-refractivity contribution in [2.75, 3.05) is 13.1 Å². The quantitative estimate of drug-likeness (QED) is 0.921. The van der Waals surface area contributed by atoms with Crippen LogP contribution in [0.15, 0.2) is 30.5 Å². The number of rotatable bonds is 2. The summed E-state index contributed by atoms with van der Waals surface area (Å²) in [5, 5.41) is 4.27. The molecule has 0 aliphatic carbocycles. The molecule has 5 nitrogen and oxygen atoms in total. The molecule has 1 aromatic carbocycles. The monoisotopic (exact) mass is 302 g/mol. The van der Waals surface area contributed by atoms with Crippen LogP contribution in [0.3, 0.4) is 0 Å². The Hall–Kier alpha value is -2.21. The lowest BCUT2D eigenvalue weighted by molar-refractivity contribution is 0.0708. The first-order valence-electron chi connectivity index (χ1n) is 7.41. The third-order valence-corrected chi connectivity index (χ3v) is 4.06.